The molecule has 3 N–H and O–H groups in total. The van der Waals surface area contributed by atoms with Crippen LogP contribution >= 0.6 is 12.4 Å². The molecule has 1 aromatic heterocycles. The summed E-state index contributed by atoms with van der Waals surface area (Å²) in [5, 5.41) is 0. The van der Waals surface area contributed by atoms with Crippen molar-refractivity contribution in [1.82, 2.24) is 4.72 Å². The molecule has 0 spiro atoms. The average Bonchev–Trinajstić information content (AvgIpc) is 2.64. The predicted octanol–water partition coefficient (Wildman–Crippen LogP) is 0.732. The van der Waals surface area contributed by atoms with Crippen molar-refractivity contribution in [2.75, 3.05) is 20.2 Å². The van der Waals surface area contributed by atoms with Crippen molar-refractivity contribution in [3.63, 3.8) is 0 Å². The molecule has 0 aromatic carbocycles. The molecule has 0 unspecified atom stereocenters. The van der Waals surface area contributed by atoms with Gasteiger partial charge in [-0.05, 0) is 26.8 Å². The molecule has 0 saturated heterocycles. The number of carbonyl (C=O) groups is 1. The van der Waals surface area contributed by atoms with E-state index < -0.39 is 16.0 Å². The first-order valence-electron chi connectivity index (χ1n) is 5.73. The fourth-order valence-corrected chi connectivity index (χ4v) is 3.18. The van der Waals surface area contributed by atoms with Gasteiger partial charge in [0.15, 0.2) is 0 Å². The summed E-state index contributed by atoms with van der Waals surface area (Å²) in [7, 11) is -2.65. The SMILES string of the molecule is COC(=O)c1c(C)oc(C)c1S(=O)(=O)NCCCN.Cl. The first-order valence-corrected chi connectivity index (χ1v) is 7.21. The van der Waals surface area contributed by atoms with Gasteiger partial charge in [0.25, 0.3) is 0 Å². The Kier molecular flexibility index (Phi) is 7.21. The number of carbonyl (C=O) groups excluding carboxylic acids is 1. The summed E-state index contributed by atoms with van der Waals surface area (Å²) in [5.74, 6) is -0.379. The van der Waals surface area contributed by atoms with Crippen LogP contribution in [0.1, 0.15) is 28.3 Å². The summed E-state index contributed by atoms with van der Waals surface area (Å²) < 4.78 is 36.5. The van der Waals surface area contributed by atoms with Crippen molar-refractivity contribution < 1.29 is 22.4 Å². The average molecular weight is 327 g/mol. The topological polar surface area (TPSA) is 112 Å². The quantitative estimate of drug-likeness (QED) is 0.589. The lowest BCUT2D eigenvalue weighted by molar-refractivity contribution is 0.0595. The highest BCUT2D eigenvalue weighted by Crippen LogP contribution is 2.27. The Labute approximate surface area is 124 Å². The van der Waals surface area contributed by atoms with E-state index >= 15 is 0 Å². The molecule has 0 radical (unpaired) electrons. The maximum Gasteiger partial charge on any atom is 0.342 e. The molecule has 7 nitrogen and oxygen atoms in total. The molecule has 0 aliphatic rings. The molecule has 116 valence electrons. The van der Waals surface area contributed by atoms with Gasteiger partial charge in [-0.15, -0.1) is 12.4 Å². The van der Waals surface area contributed by atoms with Crippen LogP contribution in [0.4, 0.5) is 0 Å². The Morgan fingerprint density at radius 1 is 1.35 bits per heavy atom. The normalized spacial score (nSPS) is 11.0. The third-order valence-electron chi connectivity index (χ3n) is 2.54. The molecule has 0 fully saturated rings. The van der Waals surface area contributed by atoms with Crippen LogP contribution in [-0.4, -0.2) is 34.6 Å². The molecule has 1 aromatic rings. The number of rotatable bonds is 6. The highest BCUT2D eigenvalue weighted by atomic mass is 35.5. The van der Waals surface area contributed by atoms with E-state index in [2.05, 4.69) is 9.46 Å². The van der Waals surface area contributed by atoms with Gasteiger partial charge in [0.1, 0.15) is 22.0 Å². The summed E-state index contributed by atoms with van der Waals surface area (Å²) in [6.07, 6.45) is 0.503. The van der Waals surface area contributed by atoms with Crippen LogP contribution in [0.25, 0.3) is 0 Å². The van der Waals surface area contributed by atoms with E-state index in [9.17, 15) is 13.2 Å². The smallest absolute Gasteiger partial charge is 0.342 e. The Morgan fingerprint density at radius 2 is 1.95 bits per heavy atom. The van der Waals surface area contributed by atoms with E-state index in [1.165, 1.54) is 21.0 Å². The van der Waals surface area contributed by atoms with Crippen LogP contribution in [-0.2, 0) is 14.8 Å². The van der Waals surface area contributed by atoms with E-state index in [4.69, 9.17) is 10.2 Å². The number of nitrogens with one attached hydrogen (secondary N) is 1. The van der Waals surface area contributed by atoms with Gasteiger partial charge in [-0.25, -0.2) is 17.9 Å². The molecule has 0 atom stereocenters. The summed E-state index contributed by atoms with van der Waals surface area (Å²) >= 11 is 0. The summed E-state index contributed by atoms with van der Waals surface area (Å²) in [6.45, 7) is 3.56. The second-order valence-corrected chi connectivity index (χ2v) is 5.65. The van der Waals surface area contributed by atoms with Gasteiger partial charge >= 0.3 is 5.97 Å². The number of halogens is 1. The lowest BCUT2D eigenvalue weighted by Crippen LogP contribution is -2.28. The largest absolute Gasteiger partial charge is 0.465 e. The van der Waals surface area contributed by atoms with E-state index in [0.29, 0.717) is 13.0 Å². The fraction of sp³-hybridized carbons (Fsp3) is 0.545. The van der Waals surface area contributed by atoms with Gasteiger partial charge in [-0.2, -0.15) is 0 Å². The fourth-order valence-electron chi connectivity index (χ4n) is 1.71. The number of methoxy groups -OCH3 is 1. The van der Waals surface area contributed by atoms with Crippen molar-refractivity contribution in [2.45, 2.75) is 25.2 Å². The predicted molar refractivity (Wildman–Crippen MR) is 75.6 cm³/mol. The summed E-state index contributed by atoms with van der Waals surface area (Å²) in [4.78, 5) is 11.5. The van der Waals surface area contributed by atoms with Crippen LogP contribution in [0.15, 0.2) is 9.31 Å². The second kappa shape index (κ2) is 7.63. The number of aryl methyl sites for hydroxylation is 2. The monoisotopic (exact) mass is 326 g/mol. The molecular weight excluding hydrogens is 308 g/mol. The third kappa shape index (κ3) is 3.95. The Bertz CT molecular complexity index is 568. The highest BCUT2D eigenvalue weighted by molar-refractivity contribution is 7.89. The van der Waals surface area contributed by atoms with Crippen molar-refractivity contribution in [3.05, 3.63) is 17.1 Å². The van der Waals surface area contributed by atoms with E-state index in [0.717, 1.165) is 0 Å². The van der Waals surface area contributed by atoms with Crippen LogP contribution in [0.3, 0.4) is 0 Å². The number of hydrogen-bond acceptors (Lipinski definition) is 6. The first kappa shape index (κ1) is 18.9. The minimum Gasteiger partial charge on any atom is -0.465 e. The van der Waals surface area contributed by atoms with Gasteiger partial charge in [0, 0.05) is 6.54 Å². The van der Waals surface area contributed by atoms with Gasteiger partial charge in [-0.3, -0.25) is 0 Å². The first-order chi connectivity index (χ1) is 8.85. The Balaban J connectivity index is 0.00000361. The van der Waals surface area contributed by atoms with Gasteiger partial charge in [-0.1, -0.05) is 0 Å². The van der Waals surface area contributed by atoms with Crippen LogP contribution in [0.2, 0.25) is 0 Å². The highest BCUT2D eigenvalue weighted by Gasteiger charge is 2.31. The molecule has 20 heavy (non-hydrogen) atoms. The molecule has 0 aliphatic carbocycles. The standard InChI is InChI=1S/C11H18N2O5S.ClH/c1-7-9(11(14)17-3)10(8(2)18-7)19(15,16)13-6-4-5-12;/h13H,4-6,12H2,1-3H3;1H. The number of esters is 1. The minimum atomic E-state index is -3.83. The lowest BCUT2D eigenvalue weighted by atomic mass is 10.2. The zero-order valence-electron chi connectivity index (χ0n) is 11.6. The van der Waals surface area contributed by atoms with E-state index in [1.807, 2.05) is 0 Å². The molecule has 0 aliphatic heterocycles. The van der Waals surface area contributed by atoms with Gasteiger partial charge in [0.2, 0.25) is 10.0 Å². The molecule has 0 amide bonds. The summed E-state index contributed by atoms with van der Waals surface area (Å²) in [5.41, 5.74) is 5.23. The molecule has 0 saturated carbocycles. The lowest BCUT2D eigenvalue weighted by Gasteiger charge is -2.07. The van der Waals surface area contributed by atoms with Crippen LogP contribution in [0.5, 0.6) is 0 Å². The maximum absolute atomic E-state index is 12.2. The van der Waals surface area contributed by atoms with Crippen molar-refractivity contribution >= 4 is 28.4 Å². The van der Waals surface area contributed by atoms with Crippen LogP contribution < -0.4 is 10.5 Å². The zero-order valence-corrected chi connectivity index (χ0v) is 13.2. The maximum atomic E-state index is 12.2. The van der Waals surface area contributed by atoms with Gasteiger partial charge in [0.05, 0.1) is 7.11 Å². The summed E-state index contributed by atoms with van der Waals surface area (Å²) in [6, 6.07) is 0. The molecule has 1 heterocycles. The van der Waals surface area contributed by atoms with Gasteiger partial charge < -0.3 is 14.9 Å². The van der Waals surface area contributed by atoms with E-state index in [1.54, 1.807) is 0 Å². The number of sulfonamides is 1. The van der Waals surface area contributed by atoms with Crippen molar-refractivity contribution in [2.24, 2.45) is 5.73 Å². The van der Waals surface area contributed by atoms with Crippen molar-refractivity contribution in [1.29, 1.82) is 0 Å². The molecule has 9 heteroatoms. The zero-order chi connectivity index (χ0) is 14.6. The number of nitrogens with two attached hydrogens (primary N) is 1. The minimum absolute atomic E-state index is 0. The van der Waals surface area contributed by atoms with Crippen molar-refractivity contribution in [3.8, 4) is 0 Å². The molecule has 0 bridgehead atoms. The number of hydrogen-bond donors (Lipinski definition) is 2. The number of furan rings is 1. The van der Waals surface area contributed by atoms with E-state index in [-0.39, 0.29) is 40.9 Å². The van der Waals surface area contributed by atoms with Crippen LogP contribution in [0, 0.1) is 13.8 Å². The third-order valence-corrected chi connectivity index (χ3v) is 4.15. The molecule has 1 rings (SSSR count). The second-order valence-electron chi connectivity index (χ2n) is 3.95. The Morgan fingerprint density at radius 3 is 2.45 bits per heavy atom. The Hall–Kier alpha value is -1.09. The number of ether oxygens (including phenoxy) is 1. The molecular formula is C11H19ClN2O5S.